The summed E-state index contributed by atoms with van der Waals surface area (Å²) in [4.78, 5) is 0. The molecule has 1 nitrogen and oxygen atoms in total. The summed E-state index contributed by atoms with van der Waals surface area (Å²) < 4.78 is 2.69. The van der Waals surface area contributed by atoms with Crippen LogP contribution in [0.5, 0.6) is 0 Å². The predicted molar refractivity (Wildman–Crippen MR) is 129 cm³/mol. The summed E-state index contributed by atoms with van der Waals surface area (Å²) in [5.74, 6) is 0. The lowest BCUT2D eigenvalue weighted by atomic mass is 9.58. The summed E-state index contributed by atoms with van der Waals surface area (Å²) in [6, 6.07) is 18.6. The Bertz CT molecular complexity index is 1050. The number of nitrogens with zero attached hydrogens (tertiary/aromatic N) is 1. The van der Waals surface area contributed by atoms with Crippen molar-refractivity contribution < 1.29 is 4.57 Å². The minimum absolute atomic E-state index is 0.105. The van der Waals surface area contributed by atoms with Crippen LogP contribution in [0.3, 0.4) is 0 Å². The third-order valence-corrected chi connectivity index (χ3v) is 8.10. The Kier molecular flexibility index (Phi) is 5.75. The van der Waals surface area contributed by atoms with Crippen LogP contribution >= 0.6 is 0 Å². The minimum Gasteiger partial charge on any atom is -0.191 e. The van der Waals surface area contributed by atoms with Gasteiger partial charge in [-0.3, -0.25) is 0 Å². The number of rotatable bonds is 7. The lowest BCUT2D eigenvalue weighted by Crippen LogP contribution is -2.69. The van der Waals surface area contributed by atoms with Crippen molar-refractivity contribution in [3.05, 3.63) is 65.9 Å². The molecule has 0 saturated heterocycles. The van der Waals surface area contributed by atoms with Gasteiger partial charge in [0.1, 0.15) is 0 Å². The van der Waals surface area contributed by atoms with Gasteiger partial charge in [0, 0.05) is 18.9 Å². The van der Waals surface area contributed by atoms with Gasteiger partial charge in [-0.15, -0.1) is 0 Å². The molecule has 0 amide bonds. The van der Waals surface area contributed by atoms with E-state index in [1.54, 1.807) is 0 Å². The molecule has 158 valence electrons. The molecule has 1 aliphatic heterocycles. The number of aryl methyl sites for hydroxylation is 1. The number of aromatic nitrogens is 1. The van der Waals surface area contributed by atoms with Crippen LogP contribution < -0.4 is 4.57 Å². The highest BCUT2D eigenvalue weighted by Crippen LogP contribution is 2.52. The van der Waals surface area contributed by atoms with Gasteiger partial charge in [-0.2, -0.15) is 4.57 Å². The van der Waals surface area contributed by atoms with Gasteiger partial charge in [-0.25, -0.2) is 0 Å². The number of pyridine rings is 1. The van der Waals surface area contributed by atoms with Gasteiger partial charge < -0.3 is 0 Å². The van der Waals surface area contributed by atoms with Crippen molar-refractivity contribution in [1.29, 1.82) is 0 Å². The highest BCUT2D eigenvalue weighted by Gasteiger charge is 2.58. The van der Waals surface area contributed by atoms with Crippen molar-refractivity contribution in [2.45, 2.75) is 90.5 Å². The van der Waals surface area contributed by atoms with Crippen molar-refractivity contribution in [2.24, 2.45) is 0 Å². The standard InChI is InChI=1S/C29H38N/c1-6-10-14-22-15-13-17-24-23(22)19-21-30-27(24)25-16-11-12-18-26(25)28(5,8-3)29(30,9-4)20-7-2/h11-13,15-19,21H,6-10,14,20H2,1-5H3/q+1. The molecule has 0 fully saturated rings. The Morgan fingerprint density at radius 2 is 1.60 bits per heavy atom. The van der Waals surface area contributed by atoms with Crippen LogP contribution in [0, 0.1) is 0 Å². The van der Waals surface area contributed by atoms with Crippen molar-refractivity contribution in [2.75, 3.05) is 0 Å². The van der Waals surface area contributed by atoms with Gasteiger partial charge >= 0.3 is 0 Å². The van der Waals surface area contributed by atoms with Crippen molar-refractivity contribution in [3.8, 4) is 11.3 Å². The van der Waals surface area contributed by atoms with Crippen LogP contribution in [0.25, 0.3) is 22.0 Å². The van der Waals surface area contributed by atoms with Gasteiger partial charge in [0.05, 0.1) is 16.4 Å². The second kappa shape index (κ2) is 8.17. The first-order valence-electron chi connectivity index (χ1n) is 12.1. The Balaban J connectivity index is 2.11. The summed E-state index contributed by atoms with van der Waals surface area (Å²) in [6.07, 6.45) is 10.8. The Labute approximate surface area is 183 Å². The highest BCUT2D eigenvalue weighted by molar-refractivity contribution is 5.96. The van der Waals surface area contributed by atoms with Crippen molar-refractivity contribution in [3.63, 3.8) is 0 Å². The van der Waals surface area contributed by atoms with Crippen molar-refractivity contribution in [1.82, 2.24) is 0 Å². The molecule has 3 aromatic rings. The molecule has 2 atom stereocenters. The van der Waals surface area contributed by atoms with Crippen LogP contribution in [-0.2, 0) is 17.4 Å². The first-order chi connectivity index (χ1) is 14.6. The second-order valence-corrected chi connectivity index (χ2v) is 9.38. The maximum atomic E-state index is 2.69. The quantitative estimate of drug-likeness (QED) is 0.357. The minimum atomic E-state index is 0.105. The average molecular weight is 401 g/mol. The first kappa shape index (κ1) is 21.1. The third-order valence-electron chi connectivity index (χ3n) is 8.10. The van der Waals surface area contributed by atoms with E-state index >= 15 is 0 Å². The molecule has 2 heterocycles. The lowest BCUT2D eigenvalue weighted by Gasteiger charge is -2.48. The first-order valence-corrected chi connectivity index (χ1v) is 12.1. The number of fused-ring (bicyclic) bond motifs is 5. The molecule has 0 saturated carbocycles. The van der Waals surface area contributed by atoms with Crippen LogP contribution in [0.1, 0.15) is 84.3 Å². The number of hydrogen-bond acceptors (Lipinski definition) is 0. The van der Waals surface area contributed by atoms with Gasteiger partial charge in [-0.05, 0) is 61.3 Å². The molecule has 30 heavy (non-hydrogen) atoms. The van der Waals surface area contributed by atoms with Gasteiger partial charge in [0.25, 0.3) is 0 Å². The molecule has 4 rings (SSSR count). The zero-order valence-electron chi connectivity index (χ0n) is 19.6. The summed E-state index contributed by atoms with van der Waals surface area (Å²) in [5, 5.41) is 2.86. The molecular formula is C29H38N+. The highest BCUT2D eigenvalue weighted by atomic mass is 15.1. The van der Waals surface area contributed by atoms with E-state index in [0.717, 1.165) is 12.8 Å². The van der Waals surface area contributed by atoms with Crippen LogP contribution in [0.4, 0.5) is 0 Å². The molecule has 0 bridgehead atoms. The Morgan fingerprint density at radius 1 is 0.800 bits per heavy atom. The Morgan fingerprint density at radius 3 is 2.30 bits per heavy atom. The van der Waals surface area contributed by atoms with E-state index in [0.29, 0.717) is 0 Å². The zero-order valence-corrected chi connectivity index (χ0v) is 19.6. The van der Waals surface area contributed by atoms with E-state index < -0.39 is 0 Å². The fourth-order valence-electron chi connectivity index (χ4n) is 6.34. The average Bonchev–Trinajstić information content (AvgIpc) is 2.79. The number of hydrogen-bond donors (Lipinski definition) is 0. The molecule has 2 unspecified atom stereocenters. The summed E-state index contributed by atoms with van der Waals surface area (Å²) in [7, 11) is 0. The predicted octanol–water partition coefficient (Wildman–Crippen LogP) is 7.72. The van der Waals surface area contributed by atoms with E-state index in [9.17, 15) is 0 Å². The molecule has 1 heteroatoms. The number of unbranched alkanes of at least 4 members (excludes halogenated alkanes) is 1. The lowest BCUT2D eigenvalue weighted by molar-refractivity contribution is -0.769. The van der Waals surface area contributed by atoms with Crippen molar-refractivity contribution >= 4 is 10.8 Å². The maximum Gasteiger partial charge on any atom is 0.221 e. The second-order valence-electron chi connectivity index (χ2n) is 9.38. The molecule has 0 spiro atoms. The Hall–Kier alpha value is -2.15. The molecule has 0 aliphatic carbocycles. The fourth-order valence-corrected chi connectivity index (χ4v) is 6.34. The van der Waals surface area contributed by atoms with Crippen LogP contribution in [0.2, 0.25) is 0 Å². The zero-order chi connectivity index (χ0) is 21.4. The van der Waals surface area contributed by atoms with Crippen LogP contribution in [0.15, 0.2) is 54.7 Å². The molecule has 1 aliphatic rings. The van der Waals surface area contributed by atoms with E-state index in [1.165, 1.54) is 65.3 Å². The van der Waals surface area contributed by atoms with Gasteiger partial charge in [-0.1, -0.05) is 64.4 Å². The van der Waals surface area contributed by atoms with E-state index in [-0.39, 0.29) is 11.0 Å². The summed E-state index contributed by atoms with van der Waals surface area (Å²) in [6.45, 7) is 11.9. The normalized spacial score (nSPS) is 22.7. The molecular weight excluding hydrogens is 362 g/mol. The van der Waals surface area contributed by atoms with Crippen LogP contribution in [-0.4, -0.2) is 0 Å². The molecule has 0 radical (unpaired) electrons. The van der Waals surface area contributed by atoms with E-state index in [4.69, 9.17) is 0 Å². The largest absolute Gasteiger partial charge is 0.221 e. The molecule has 0 N–H and O–H groups in total. The topological polar surface area (TPSA) is 3.88 Å². The third kappa shape index (κ3) is 2.85. The summed E-state index contributed by atoms with van der Waals surface area (Å²) >= 11 is 0. The van der Waals surface area contributed by atoms with E-state index in [1.807, 2.05) is 0 Å². The maximum absolute atomic E-state index is 2.69. The molecule has 2 aromatic carbocycles. The molecule has 1 aromatic heterocycles. The monoisotopic (exact) mass is 400 g/mol. The van der Waals surface area contributed by atoms with Gasteiger partial charge in [0.15, 0.2) is 11.7 Å². The fraction of sp³-hybridized carbons (Fsp3) is 0.483. The smallest absolute Gasteiger partial charge is 0.191 e. The number of benzene rings is 2. The summed E-state index contributed by atoms with van der Waals surface area (Å²) in [5.41, 5.74) is 6.13. The SMILES string of the molecule is CCCCc1cccc2c3[n+](ccc12)C(CC)(CCC)C(C)(CC)c1ccccc1-3. The van der Waals surface area contributed by atoms with E-state index in [2.05, 4.69) is 93.9 Å². The van der Waals surface area contributed by atoms with Gasteiger partial charge in [0.2, 0.25) is 5.69 Å².